The predicted octanol–water partition coefficient (Wildman–Crippen LogP) is 3.16. The number of rotatable bonds is 4. The van der Waals surface area contributed by atoms with Crippen LogP contribution in [0.4, 0.5) is 5.69 Å². The Bertz CT molecular complexity index is 916. The molecule has 0 aliphatic heterocycles. The van der Waals surface area contributed by atoms with Crippen LogP contribution in [0.3, 0.4) is 0 Å². The van der Waals surface area contributed by atoms with E-state index in [1.165, 1.54) is 49.9 Å². The highest BCUT2D eigenvalue weighted by Crippen LogP contribution is 2.60. The highest BCUT2D eigenvalue weighted by atomic mass is 32.1. The third-order valence-electron chi connectivity index (χ3n) is 6.78. The number of anilines is 1. The number of carboxylic acid groups (broad SMARTS) is 1. The second-order valence-corrected chi connectivity index (χ2v) is 9.67. The van der Waals surface area contributed by atoms with Crippen molar-refractivity contribution in [2.75, 3.05) is 12.3 Å². The fourth-order valence-corrected chi connectivity index (χ4v) is 7.13. The number of nitrogens with one attached hydrogen (secondary N) is 1. The summed E-state index contributed by atoms with van der Waals surface area (Å²) in [6.07, 6.45) is 7.89. The van der Waals surface area contributed by atoms with Crippen molar-refractivity contribution in [1.29, 1.82) is 0 Å². The molecule has 2 aromatic heterocycles. The summed E-state index contributed by atoms with van der Waals surface area (Å²) in [6.45, 7) is -0.418. The first-order valence-electron chi connectivity index (χ1n) is 9.63. The minimum atomic E-state index is -1.08. The Labute approximate surface area is 161 Å². The van der Waals surface area contributed by atoms with E-state index in [0.717, 1.165) is 33.7 Å². The van der Waals surface area contributed by atoms with Crippen LogP contribution in [0.5, 0.6) is 0 Å². The normalized spacial score (nSPS) is 31.3. The number of thiophene rings is 1. The monoisotopic (exact) mass is 385 g/mol. The number of hydrogen-bond acceptors (Lipinski definition) is 5. The van der Waals surface area contributed by atoms with Crippen LogP contribution in [0.15, 0.2) is 12.1 Å². The molecule has 0 saturated heterocycles. The van der Waals surface area contributed by atoms with Crippen LogP contribution in [-0.2, 0) is 10.2 Å². The third-order valence-corrected chi connectivity index (χ3v) is 7.90. The number of nitrogens with zero attached hydrogens (tertiary/aromatic N) is 1. The molecule has 4 aliphatic rings. The number of fused-ring (bicyclic) bond motifs is 1. The van der Waals surface area contributed by atoms with Gasteiger partial charge in [0.2, 0.25) is 0 Å². The Morgan fingerprint density at radius 3 is 2.41 bits per heavy atom. The van der Waals surface area contributed by atoms with Gasteiger partial charge in [-0.25, -0.2) is 4.98 Å². The number of carboxylic acids is 1. The van der Waals surface area contributed by atoms with Gasteiger partial charge < -0.3 is 16.2 Å². The number of carbonyl (C=O) groups is 2. The molecule has 2 heterocycles. The minimum absolute atomic E-state index is 0.202. The van der Waals surface area contributed by atoms with E-state index in [4.69, 9.17) is 15.8 Å². The Balaban J connectivity index is 1.49. The van der Waals surface area contributed by atoms with Crippen LogP contribution in [0.25, 0.3) is 10.2 Å². The molecular formula is C20H23N3O3S. The zero-order valence-corrected chi connectivity index (χ0v) is 15.8. The Kier molecular flexibility index (Phi) is 3.73. The van der Waals surface area contributed by atoms with Crippen molar-refractivity contribution in [1.82, 2.24) is 10.3 Å². The number of carbonyl (C=O) groups excluding carboxylic acids is 1. The van der Waals surface area contributed by atoms with Crippen LogP contribution >= 0.6 is 11.3 Å². The molecule has 0 spiro atoms. The molecule has 0 atom stereocenters. The van der Waals surface area contributed by atoms with Gasteiger partial charge in [-0.05, 0) is 68.4 Å². The van der Waals surface area contributed by atoms with Crippen molar-refractivity contribution in [3.63, 3.8) is 0 Å². The number of pyridine rings is 1. The van der Waals surface area contributed by atoms with Crippen LogP contribution in [0, 0.1) is 17.8 Å². The number of nitrogen functional groups attached to an aromatic ring is 1. The van der Waals surface area contributed by atoms with Crippen LogP contribution in [0.1, 0.15) is 53.9 Å². The zero-order valence-electron chi connectivity index (χ0n) is 15.0. The molecule has 142 valence electrons. The van der Waals surface area contributed by atoms with Crippen molar-refractivity contribution in [3.05, 3.63) is 22.7 Å². The lowest BCUT2D eigenvalue weighted by atomic mass is 9.49. The topological polar surface area (TPSA) is 105 Å². The molecular weight excluding hydrogens is 362 g/mol. The van der Waals surface area contributed by atoms with E-state index >= 15 is 0 Å². The largest absolute Gasteiger partial charge is 0.480 e. The quantitative estimate of drug-likeness (QED) is 0.750. The number of nitrogens with two attached hydrogens (primary N) is 1. The molecule has 4 N–H and O–H groups in total. The standard InChI is InChI=1S/C20H23N3O3S/c21-16-13-1-2-14(20-6-10-3-11(7-20)5-12(4-10)8-20)23-19(13)27-17(16)18(26)22-9-15(24)25/h1-2,10-12H,3-9,21H2,(H,22,26)(H,24,25). The molecule has 7 heteroatoms. The average Bonchev–Trinajstić information content (AvgIpc) is 2.95. The van der Waals surface area contributed by atoms with Gasteiger partial charge in [0.05, 0.1) is 5.69 Å². The van der Waals surface area contributed by atoms with E-state index in [-0.39, 0.29) is 5.41 Å². The number of hydrogen-bond donors (Lipinski definition) is 3. The number of amides is 1. The van der Waals surface area contributed by atoms with Gasteiger partial charge in [0.1, 0.15) is 16.3 Å². The van der Waals surface area contributed by atoms with Crippen LogP contribution in [0.2, 0.25) is 0 Å². The first kappa shape index (κ1) is 17.0. The summed E-state index contributed by atoms with van der Waals surface area (Å²) in [5.74, 6) is 1.01. The van der Waals surface area contributed by atoms with Gasteiger partial charge in [0, 0.05) is 16.5 Å². The van der Waals surface area contributed by atoms with Crippen molar-refractivity contribution >= 4 is 39.1 Å². The second kappa shape index (κ2) is 5.92. The van der Waals surface area contributed by atoms with Gasteiger partial charge in [-0.1, -0.05) is 0 Å². The summed E-state index contributed by atoms with van der Waals surface area (Å²) in [5, 5.41) is 11.9. The molecule has 6 rings (SSSR count). The maximum Gasteiger partial charge on any atom is 0.322 e. The first-order valence-corrected chi connectivity index (χ1v) is 10.4. The average molecular weight is 385 g/mol. The summed E-state index contributed by atoms with van der Waals surface area (Å²) >= 11 is 1.26. The number of aromatic nitrogens is 1. The van der Waals surface area contributed by atoms with Crippen molar-refractivity contribution in [3.8, 4) is 0 Å². The number of aliphatic carboxylic acids is 1. The third kappa shape index (κ3) is 2.71. The van der Waals surface area contributed by atoms with Crippen molar-refractivity contribution in [2.45, 2.75) is 43.9 Å². The zero-order chi connectivity index (χ0) is 18.8. The maximum absolute atomic E-state index is 12.3. The van der Waals surface area contributed by atoms with E-state index in [2.05, 4.69) is 11.4 Å². The predicted molar refractivity (Wildman–Crippen MR) is 104 cm³/mol. The maximum atomic E-state index is 12.3. The molecule has 4 fully saturated rings. The van der Waals surface area contributed by atoms with E-state index in [1.54, 1.807) is 0 Å². The van der Waals surface area contributed by atoms with E-state index in [0.29, 0.717) is 10.6 Å². The summed E-state index contributed by atoms with van der Waals surface area (Å²) in [4.78, 5) is 29.1. The van der Waals surface area contributed by atoms with Gasteiger partial charge in [0.15, 0.2) is 0 Å². The van der Waals surface area contributed by atoms with E-state index in [1.807, 2.05) is 6.07 Å². The second-order valence-electron chi connectivity index (χ2n) is 8.67. The summed E-state index contributed by atoms with van der Waals surface area (Å²) in [5.41, 5.74) is 7.92. The van der Waals surface area contributed by atoms with E-state index in [9.17, 15) is 9.59 Å². The molecule has 4 aliphatic carbocycles. The fourth-order valence-electron chi connectivity index (χ4n) is 6.12. The lowest BCUT2D eigenvalue weighted by Crippen LogP contribution is -2.48. The molecule has 27 heavy (non-hydrogen) atoms. The first-order chi connectivity index (χ1) is 12.9. The lowest BCUT2D eigenvalue weighted by Gasteiger charge is -2.56. The lowest BCUT2D eigenvalue weighted by molar-refractivity contribution is -0.135. The van der Waals surface area contributed by atoms with Crippen molar-refractivity contribution in [2.24, 2.45) is 17.8 Å². The molecule has 1 amide bonds. The molecule has 4 saturated carbocycles. The molecule has 0 aromatic carbocycles. The van der Waals surface area contributed by atoms with Crippen LogP contribution < -0.4 is 11.1 Å². The molecule has 2 aromatic rings. The SMILES string of the molecule is Nc1c(C(=O)NCC(=O)O)sc2nc(C34CC5CC(CC(C5)C3)C4)ccc12. The summed E-state index contributed by atoms with van der Waals surface area (Å²) in [6, 6.07) is 4.10. The molecule has 0 radical (unpaired) electrons. The minimum Gasteiger partial charge on any atom is -0.480 e. The fraction of sp³-hybridized carbons (Fsp3) is 0.550. The molecule has 4 bridgehead atoms. The molecule has 6 nitrogen and oxygen atoms in total. The molecule has 0 unspecified atom stereocenters. The highest BCUT2D eigenvalue weighted by molar-refractivity contribution is 7.21. The Morgan fingerprint density at radius 2 is 1.81 bits per heavy atom. The van der Waals surface area contributed by atoms with Gasteiger partial charge in [-0.2, -0.15) is 0 Å². The van der Waals surface area contributed by atoms with Gasteiger partial charge >= 0.3 is 5.97 Å². The van der Waals surface area contributed by atoms with Crippen LogP contribution in [-0.4, -0.2) is 28.5 Å². The Hall–Kier alpha value is -2.15. The summed E-state index contributed by atoms with van der Waals surface area (Å²) in [7, 11) is 0. The highest BCUT2D eigenvalue weighted by Gasteiger charge is 2.52. The van der Waals surface area contributed by atoms with Gasteiger partial charge in [0.25, 0.3) is 5.91 Å². The van der Waals surface area contributed by atoms with Gasteiger partial charge in [-0.3, -0.25) is 9.59 Å². The van der Waals surface area contributed by atoms with Gasteiger partial charge in [-0.15, -0.1) is 11.3 Å². The van der Waals surface area contributed by atoms with Crippen molar-refractivity contribution < 1.29 is 14.7 Å². The Morgan fingerprint density at radius 1 is 1.19 bits per heavy atom. The smallest absolute Gasteiger partial charge is 0.322 e. The summed E-state index contributed by atoms with van der Waals surface area (Å²) < 4.78 is 0. The van der Waals surface area contributed by atoms with E-state index < -0.39 is 18.4 Å².